The van der Waals surface area contributed by atoms with Crippen molar-refractivity contribution in [3.05, 3.63) is 0 Å². The van der Waals surface area contributed by atoms with Gasteiger partial charge >= 0.3 is 17.9 Å². The SMILES string of the molecule is CCCCC1=NC2[C@@H](OC(C)=O)[C@H](OC(C)=O)[C@@H](COC(C)=O)O[C@H]2S1. The second-order valence-electron chi connectivity index (χ2n) is 6.23. The number of hydrogen-bond donors (Lipinski definition) is 0. The highest BCUT2D eigenvalue weighted by atomic mass is 32.2. The van der Waals surface area contributed by atoms with Gasteiger partial charge in [0.25, 0.3) is 0 Å². The number of thioether (sulfide) groups is 1. The fraction of sp³-hybridized carbons (Fsp3) is 0.765. The molecule has 9 heteroatoms. The summed E-state index contributed by atoms with van der Waals surface area (Å²) >= 11 is 1.48. The van der Waals surface area contributed by atoms with E-state index in [0.29, 0.717) is 0 Å². The number of nitrogens with zero attached hydrogens (tertiary/aromatic N) is 1. The van der Waals surface area contributed by atoms with Crippen molar-refractivity contribution < 1.29 is 33.3 Å². The number of ether oxygens (including phenoxy) is 4. The lowest BCUT2D eigenvalue weighted by Gasteiger charge is -2.41. The molecule has 0 aliphatic carbocycles. The fourth-order valence-electron chi connectivity index (χ4n) is 2.90. The van der Waals surface area contributed by atoms with Crippen molar-refractivity contribution in [1.29, 1.82) is 0 Å². The minimum atomic E-state index is -0.896. The third-order valence-corrected chi connectivity index (χ3v) is 5.16. The molecular formula is C17H25NO7S. The van der Waals surface area contributed by atoms with E-state index < -0.39 is 42.3 Å². The van der Waals surface area contributed by atoms with Gasteiger partial charge in [-0.15, -0.1) is 0 Å². The van der Waals surface area contributed by atoms with E-state index in [1.54, 1.807) is 0 Å². The molecule has 2 aliphatic rings. The molecule has 0 aromatic carbocycles. The molecule has 0 amide bonds. The normalized spacial score (nSPS) is 30.2. The van der Waals surface area contributed by atoms with Gasteiger partial charge in [-0.1, -0.05) is 25.1 Å². The van der Waals surface area contributed by atoms with Crippen LogP contribution < -0.4 is 0 Å². The number of esters is 3. The molecule has 2 rings (SSSR count). The number of fused-ring (bicyclic) bond motifs is 1. The van der Waals surface area contributed by atoms with E-state index in [0.717, 1.165) is 24.3 Å². The molecule has 0 radical (unpaired) electrons. The molecule has 0 spiro atoms. The van der Waals surface area contributed by atoms with Crippen molar-refractivity contribution in [2.45, 2.75) is 76.7 Å². The number of unbranched alkanes of at least 4 members (excludes halogenated alkanes) is 1. The summed E-state index contributed by atoms with van der Waals surface area (Å²) in [6.07, 6.45) is 0.426. The van der Waals surface area contributed by atoms with Crippen molar-refractivity contribution in [3.8, 4) is 0 Å². The van der Waals surface area contributed by atoms with Crippen LogP contribution >= 0.6 is 11.8 Å². The largest absolute Gasteiger partial charge is 0.463 e. The fourth-order valence-corrected chi connectivity index (χ4v) is 4.17. The van der Waals surface area contributed by atoms with Gasteiger partial charge < -0.3 is 18.9 Å². The van der Waals surface area contributed by atoms with Crippen LogP contribution in [0.5, 0.6) is 0 Å². The Bertz CT molecular complexity index is 579. The molecule has 8 nitrogen and oxygen atoms in total. The van der Waals surface area contributed by atoms with Gasteiger partial charge in [0.2, 0.25) is 0 Å². The summed E-state index contributed by atoms with van der Waals surface area (Å²) in [5.74, 6) is -1.51. The minimum Gasteiger partial charge on any atom is -0.463 e. The van der Waals surface area contributed by atoms with Crippen LogP contribution in [0, 0.1) is 0 Å². The third-order valence-electron chi connectivity index (χ3n) is 3.96. The van der Waals surface area contributed by atoms with Gasteiger partial charge in [-0.2, -0.15) is 0 Å². The monoisotopic (exact) mass is 387 g/mol. The van der Waals surface area contributed by atoms with Gasteiger partial charge in [-0.05, 0) is 12.8 Å². The molecule has 0 N–H and O–H groups in total. The Morgan fingerprint density at radius 2 is 1.73 bits per heavy atom. The molecule has 1 saturated heterocycles. The predicted octanol–water partition coefficient (Wildman–Crippen LogP) is 1.84. The van der Waals surface area contributed by atoms with Crippen molar-refractivity contribution in [2.24, 2.45) is 4.99 Å². The molecule has 0 aromatic rings. The smallest absolute Gasteiger partial charge is 0.303 e. The van der Waals surface area contributed by atoms with Gasteiger partial charge in [0, 0.05) is 20.8 Å². The first-order chi connectivity index (χ1) is 12.3. The molecule has 0 saturated carbocycles. The van der Waals surface area contributed by atoms with Crippen LogP contribution in [0.2, 0.25) is 0 Å². The van der Waals surface area contributed by atoms with Crippen molar-refractivity contribution in [1.82, 2.24) is 0 Å². The van der Waals surface area contributed by atoms with Crippen LogP contribution in [0.1, 0.15) is 47.0 Å². The molecule has 2 aliphatic heterocycles. The number of rotatable bonds is 7. The molecule has 26 heavy (non-hydrogen) atoms. The Hall–Kier alpha value is -1.61. The van der Waals surface area contributed by atoms with Crippen LogP contribution in [-0.4, -0.2) is 59.3 Å². The maximum atomic E-state index is 11.6. The summed E-state index contributed by atoms with van der Waals surface area (Å²) in [4.78, 5) is 39.0. The van der Waals surface area contributed by atoms with Gasteiger partial charge in [-0.3, -0.25) is 19.4 Å². The molecule has 1 fully saturated rings. The molecule has 0 aromatic heterocycles. The quantitative estimate of drug-likeness (QED) is 0.482. The first-order valence-electron chi connectivity index (χ1n) is 8.68. The van der Waals surface area contributed by atoms with Crippen molar-refractivity contribution in [2.75, 3.05) is 6.61 Å². The lowest BCUT2D eigenvalue weighted by atomic mass is 9.97. The second-order valence-corrected chi connectivity index (χ2v) is 7.40. The van der Waals surface area contributed by atoms with Crippen LogP contribution in [0.15, 0.2) is 4.99 Å². The highest BCUT2D eigenvalue weighted by molar-refractivity contribution is 8.14. The van der Waals surface area contributed by atoms with Crippen molar-refractivity contribution >= 4 is 34.7 Å². The van der Waals surface area contributed by atoms with Crippen LogP contribution in [0.25, 0.3) is 0 Å². The minimum absolute atomic E-state index is 0.0981. The Morgan fingerprint density at radius 3 is 2.31 bits per heavy atom. The van der Waals surface area contributed by atoms with E-state index >= 15 is 0 Å². The van der Waals surface area contributed by atoms with E-state index in [1.165, 1.54) is 32.5 Å². The molecule has 1 unspecified atom stereocenters. The van der Waals surface area contributed by atoms with E-state index in [1.807, 2.05) is 0 Å². The Kier molecular flexibility index (Phi) is 7.45. The zero-order valence-corrected chi connectivity index (χ0v) is 16.2. The molecule has 0 bridgehead atoms. The highest BCUT2D eigenvalue weighted by Gasteiger charge is 2.52. The van der Waals surface area contributed by atoms with Gasteiger partial charge in [-0.25, -0.2) is 0 Å². The summed E-state index contributed by atoms with van der Waals surface area (Å²) in [6, 6.07) is -0.464. The van der Waals surface area contributed by atoms with E-state index in [2.05, 4.69) is 11.9 Å². The lowest BCUT2D eigenvalue weighted by Crippen LogP contribution is -2.59. The zero-order valence-electron chi connectivity index (χ0n) is 15.4. The Labute approximate surface area is 157 Å². The van der Waals surface area contributed by atoms with Gasteiger partial charge in [0.1, 0.15) is 24.2 Å². The number of carbonyl (C=O) groups is 3. The summed E-state index contributed by atoms with van der Waals surface area (Å²) in [5, 5.41) is 0.925. The van der Waals surface area contributed by atoms with E-state index in [-0.39, 0.29) is 12.0 Å². The van der Waals surface area contributed by atoms with E-state index in [4.69, 9.17) is 18.9 Å². The standard InChI is InChI=1S/C17H25NO7S/c1-5-6-7-13-18-14-16(24-11(4)21)15(23-10(3)20)12(8-22-9(2)19)25-17(14)26-13/h12,14-17H,5-8H2,1-4H3/t12-,14?,15-,16-,17+/m1/s1. The molecular weight excluding hydrogens is 362 g/mol. The third kappa shape index (κ3) is 5.44. The van der Waals surface area contributed by atoms with Gasteiger partial charge in [0.15, 0.2) is 12.2 Å². The number of carbonyl (C=O) groups excluding carboxylic acids is 3. The average Bonchev–Trinajstić information content (AvgIpc) is 2.95. The first kappa shape index (κ1) is 20.7. The summed E-state index contributed by atoms with van der Waals surface area (Å²) in [7, 11) is 0. The zero-order chi connectivity index (χ0) is 19.3. The molecule has 146 valence electrons. The van der Waals surface area contributed by atoms with Crippen LogP contribution in [0.4, 0.5) is 0 Å². The van der Waals surface area contributed by atoms with Crippen LogP contribution in [0.3, 0.4) is 0 Å². The lowest BCUT2D eigenvalue weighted by molar-refractivity contribution is -0.208. The topological polar surface area (TPSA) is 100 Å². The Balaban J connectivity index is 2.25. The van der Waals surface area contributed by atoms with E-state index in [9.17, 15) is 14.4 Å². The summed E-state index contributed by atoms with van der Waals surface area (Å²) in [6.45, 7) is 5.84. The van der Waals surface area contributed by atoms with Gasteiger partial charge in [0.05, 0.1) is 5.04 Å². The molecule has 5 atom stereocenters. The summed E-state index contributed by atoms with van der Waals surface area (Å²) in [5.41, 5.74) is -0.376. The number of hydrogen-bond acceptors (Lipinski definition) is 9. The second kappa shape index (κ2) is 9.36. The highest BCUT2D eigenvalue weighted by Crippen LogP contribution is 2.40. The number of aliphatic imine (C=N–C) groups is 1. The maximum Gasteiger partial charge on any atom is 0.303 e. The molecule has 2 heterocycles. The maximum absolute atomic E-state index is 11.6. The predicted molar refractivity (Wildman–Crippen MR) is 94.7 cm³/mol. The average molecular weight is 387 g/mol. The summed E-state index contributed by atoms with van der Waals surface area (Å²) < 4.78 is 21.9. The van der Waals surface area contributed by atoms with Crippen LogP contribution in [-0.2, 0) is 33.3 Å². The van der Waals surface area contributed by atoms with Crippen molar-refractivity contribution in [3.63, 3.8) is 0 Å². The Morgan fingerprint density at radius 1 is 1.08 bits per heavy atom. The first-order valence-corrected chi connectivity index (χ1v) is 9.56.